The summed E-state index contributed by atoms with van der Waals surface area (Å²) in [4.78, 5) is 0.118. The molecule has 2 aliphatic rings. The zero-order valence-corrected chi connectivity index (χ0v) is 16.4. The van der Waals surface area contributed by atoms with E-state index >= 15 is 0 Å². The van der Waals surface area contributed by atoms with E-state index in [1.54, 1.807) is 12.1 Å². The van der Waals surface area contributed by atoms with Gasteiger partial charge in [0.2, 0.25) is 0 Å². The highest BCUT2D eigenvalue weighted by Gasteiger charge is 2.45. The van der Waals surface area contributed by atoms with Crippen LogP contribution in [-0.4, -0.2) is 65.5 Å². The lowest BCUT2D eigenvalue weighted by Gasteiger charge is -2.21. The second-order valence-electron chi connectivity index (χ2n) is 6.71. The molecular weight excluding hydrogens is 378 g/mol. The van der Waals surface area contributed by atoms with Gasteiger partial charge >= 0.3 is 0 Å². The maximum atomic E-state index is 13.0. The van der Waals surface area contributed by atoms with Crippen LogP contribution in [0.25, 0.3) is 0 Å². The van der Waals surface area contributed by atoms with E-state index in [1.165, 1.54) is 12.1 Å². The summed E-state index contributed by atoms with van der Waals surface area (Å²) in [5, 5.41) is 2.14. The molecule has 0 saturated carbocycles. The van der Waals surface area contributed by atoms with Crippen LogP contribution in [0.15, 0.2) is 29.2 Å². The smallest absolute Gasteiger partial charge is 0.183 e. The predicted octanol–water partition coefficient (Wildman–Crippen LogP) is 0.793. The van der Waals surface area contributed by atoms with Crippen molar-refractivity contribution < 1.29 is 26.3 Å². The van der Waals surface area contributed by atoms with E-state index in [2.05, 4.69) is 5.32 Å². The van der Waals surface area contributed by atoms with Crippen molar-refractivity contribution in [1.29, 1.82) is 0 Å². The highest BCUT2D eigenvalue weighted by Crippen LogP contribution is 2.27. The molecule has 146 valence electrons. The van der Waals surface area contributed by atoms with Gasteiger partial charge in [-0.3, -0.25) is 0 Å². The molecule has 0 aliphatic carbocycles. The minimum Gasteiger partial charge on any atom is -0.494 e. The third kappa shape index (κ3) is 4.39. The highest BCUT2D eigenvalue weighted by molar-refractivity contribution is 7.96. The molecule has 3 rings (SSSR count). The van der Waals surface area contributed by atoms with Crippen LogP contribution in [0.4, 0.5) is 0 Å². The topological polar surface area (TPSA) is 98.8 Å². The SMILES string of the molecule is CCOc1ccc(S(=O)(=O)[C@@H]2CS(=O)(=O)C[C@H]2NCC2CCCO2)cc1. The number of hydrogen-bond donors (Lipinski definition) is 1. The first-order chi connectivity index (χ1) is 12.3. The van der Waals surface area contributed by atoms with E-state index in [9.17, 15) is 16.8 Å². The predicted molar refractivity (Wildman–Crippen MR) is 98.0 cm³/mol. The summed E-state index contributed by atoms with van der Waals surface area (Å²) >= 11 is 0. The molecule has 1 aromatic carbocycles. The molecule has 0 aromatic heterocycles. The number of rotatable bonds is 7. The Hall–Kier alpha value is -1.16. The zero-order chi connectivity index (χ0) is 18.8. The summed E-state index contributed by atoms with van der Waals surface area (Å²) in [5.74, 6) is 0.0605. The van der Waals surface area contributed by atoms with Crippen LogP contribution in [0.2, 0.25) is 0 Å². The van der Waals surface area contributed by atoms with Gasteiger partial charge in [0.05, 0.1) is 34.4 Å². The Morgan fingerprint density at radius 2 is 1.96 bits per heavy atom. The second kappa shape index (κ2) is 7.84. The van der Waals surface area contributed by atoms with Crippen molar-refractivity contribution in [3.8, 4) is 5.75 Å². The number of ether oxygens (including phenoxy) is 2. The van der Waals surface area contributed by atoms with Crippen molar-refractivity contribution in [3.05, 3.63) is 24.3 Å². The van der Waals surface area contributed by atoms with E-state index in [0.29, 0.717) is 25.5 Å². The average molecular weight is 404 g/mol. The first-order valence-corrected chi connectivity index (χ1v) is 12.2. The third-order valence-electron chi connectivity index (χ3n) is 4.79. The van der Waals surface area contributed by atoms with E-state index in [4.69, 9.17) is 9.47 Å². The maximum Gasteiger partial charge on any atom is 0.183 e. The van der Waals surface area contributed by atoms with Crippen LogP contribution in [-0.2, 0) is 24.4 Å². The van der Waals surface area contributed by atoms with Gasteiger partial charge in [-0.25, -0.2) is 16.8 Å². The number of benzene rings is 1. The standard InChI is InChI=1S/C17H25NO6S2/c1-2-23-13-5-7-15(8-6-13)26(21,22)17-12-25(19,20)11-16(17)18-10-14-4-3-9-24-14/h5-8,14,16-18H,2-4,9-12H2,1H3/t14?,16-,17-/m1/s1. The summed E-state index contributed by atoms with van der Waals surface area (Å²) in [6.45, 7) is 3.50. The van der Waals surface area contributed by atoms with Crippen LogP contribution < -0.4 is 10.1 Å². The largest absolute Gasteiger partial charge is 0.494 e. The highest BCUT2D eigenvalue weighted by atomic mass is 32.2. The average Bonchev–Trinajstić information content (AvgIpc) is 3.21. The number of hydrogen-bond acceptors (Lipinski definition) is 7. The Morgan fingerprint density at radius 1 is 1.23 bits per heavy atom. The first-order valence-electron chi connectivity index (χ1n) is 8.84. The molecule has 2 fully saturated rings. The lowest BCUT2D eigenvalue weighted by atomic mass is 10.2. The Kier molecular flexibility index (Phi) is 5.91. The fourth-order valence-corrected chi connectivity index (χ4v) is 8.18. The normalized spacial score (nSPS) is 28.3. The van der Waals surface area contributed by atoms with Crippen LogP contribution in [0.3, 0.4) is 0 Å². The van der Waals surface area contributed by atoms with Crippen molar-refractivity contribution in [2.45, 2.75) is 42.1 Å². The molecule has 2 aliphatic heterocycles. The van der Waals surface area contributed by atoms with Gasteiger partial charge in [0.1, 0.15) is 5.75 Å². The molecule has 0 bridgehead atoms. The molecule has 7 nitrogen and oxygen atoms in total. The summed E-state index contributed by atoms with van der Waals surface area (Å²) < 4.78 is 61.1. The maximum absolute atomic E-state index is 13.0. The lowest BCUT2D eigenvalue weighted by Crippen LogP contribution is -2.45. The van der Waals surface area contributed by atoms with Crippen LogP contribution >= 0.6 is 0 Å². The van der Waals surface area contributed by atoms with Crippen molar-refractivity contribution in [2.75, 3.05) is 31.3 Å². The van der Waals surface area contributed by atoms with Crippen LogP contribution in [0.1, 0.15) is 19.8 Å². The molecule has 1 N–H and O–H groups in total. The van der Waals surface area contributed by atoms with Crippen molar-refractivity contribution in [1.82, 2.24) is 5.32 Å². The zero-order valence-electron chi connectivity index (χ0n) is 14.8. The molecule has 9 heteroatoms. The van der Waals surface area contributed by atoms with Gasteiger partial charge in [-0.05, 0) is 44.0 Å². The second-order valence-corrected chi connectivity index (χ2v) is 11.0. The fourth-order valence-electron chi connectivity index (χ4n) is 3.47. The monoisotopic (exact) mass is 403 g/mol. The third-order valence-corrected chi connectivity index (χ3v) is 8.96. The van der Waals surface area contributed by atoms with Gasteiger partial charge in [0, 0.05) is 19.2 Å². The molecule has 3 atom stereocenters. The van der Waals surface area contributed by atoms with Gasteiger partial charge < -0.3 is 14.8 Å². The summed E-state index contributed by atoms with van der Waals surface area (Å²) in [7, 11) is -7.18. The minimum absolute atomic E-state index is 0.0205. The van der Waals surface area contributed by atoms with Crippen molar-refractivity contribution in [3.63, 3.8) is 0 Å². The molecule has 26 heavy (non-hydrogen) atoms. The Morgan fingerprint density at radius 3 is 2.58 bits per heavy atom. The van der Waals surface area contributed by atoms with E-state index in [1.807, 2.05) is 6.92 Å². The van der Waals surface area contributed by atoms with Gasteiger partial charge in [-0.2, -0.15) is 0 Å². The lowest BCUT2D eigenvalue weighted by molar-refractivity contribution is 0.108. The Bertz CT molecular complexity index is 813. The molecule has 0 radical (unpaired) electrons. The van der Waals surface area contributed by atoms with Gasteiger partial charge in [-0.15, -0.1) is 0 Å². The van der Waals surface area contributed by atoms with E-state index in [-0.39, 0.29) is 22.5 Å². The van der Waals surface area contributed by atoms with Crippen molar-refractivity contribution in [2.24, 2.45) is 0 Å². The fraction of sp³-hybridized carbons (Fsp3) is 0.647. The van der Waals surface area contributed by atoms with E-state index < -0.39 is 31.0 Å². The van der Waals surface area contributed by atoms with Crippen LogP contribution in [0.5, 0.6) is 5.75 Å². The number of nitrogens with one attached hydrogen (secondary N) is 1. The Labute approximate surface area is 154 Å². The molecule has 2 saturated heterocycles. The molecule has 1 unspecified atom stereocenters. The first kappa shape index (κ1) is 19.6. The summed E-state index contributed by atoms with van der Waals surface area (Å²) in [5.41, 5.74) is 0. The molecular formula is C17H25NO6S2. The molecule has 0 spiro atoms. The summed E-state index contributed by atoms with van der Waals surface area (Å²) in [6.07, 6.45) is 1.90. The summed E-state index contributed by atoms with van der Waals surface area (Å²) in [6, 6.07) is 5.51. The van der Waals surface area contributed by atoms with Gasteiger partial charge in [0.25, 0.3) is 0 Å². The van der Waals surface area contributed by atoms with E-state index in [0.717, 1.165) is 12.8 Å². The molecule has 2 heterocycles. The minimum atomic E-state index is -3.77. The number of sulfone groups is 2. The van der Waals surface area contributed by atoms with Gasteiger partial charge in [0.15, 0.2) is 19.7 Å². The van der Waals surface area contributed by atoms with Crippen molar-refractivity contribution >= 4 is 19.7 Å². The molecule has 1 aromatic rings. The molecule has 0 amide bonds. The quantitative estimate of drug-likeness (QED) is 0.719. The van der Waals surface area contributed by atoms with Gasteiger partial charge in [-0.1, -0.05) is 0 Å². The Balaban J connectivity index is 1.78. The van der Waals surface area contributed by atoms with Crippen LogP contribution in [0, 0.1) is 0 Å².